The molecule has 2 aliphatic rings. The van der Waals surface area contributed by atoms with E-state index in [2.05, 4.69) is 0 Å². The topological polar surface area (TPSA) is 126 Å². The Morgan fingerprint density at radius 3 is 2.35 bits per heavy atom. The Morgan fingerprint density at radius 1 is 1.39 bits per heavy atom. The number of aliphatic hydroxyl groups is 3. The molecular weight excluding hydrogens is 404 g/mol. The number of carbonyl (C=O) groups excluding carboxylic acids is 2. The lowest BCUT2D eigenvalue weighted by molar-refractivity contribution is -0.237. The number of methoxy groups -OCH3 is 1. The van der Waals surface area contributed by atoms with Crippen LogP contribution in [0.25, 0.3) is 0 Å². The predicted molar refractivity (Wildman–Crippen MR) is 113 cm³/mol. The van der Waals surface area contributed by atoms with Crippen LogP contribution in [0.2, 0.25) is 0 Å². The summed E-state index contributed by atoms with van der Waals surface area (Å²) in [6.07, 6.45) is -0.522. The first-order valence-electron chi connectivity index (χ1n) is 10.9. The molecule has 1 saturated heterocycles. The average molecular weight is 443 g/mol. The molecular formula is C23H38O8. The molecule has 1 heterocycles. The largest absolute Gasteiger partial charge is 0.432 e. The molecule has 0 radical (unpaired) electrons. The third kappa shape index (κ3) is 4.20. The van der Waals surface area contributed by atoms with Crippen molar-refractivity contribution in [2.45, 2.75) is 90.5 Å². The summed E-state index contributed by atoms with van der Waals surface area (Å²) < 4.78 is 16.8. The Labute approximate surface area is 184 Å². The second-order valence-electron chi connectivity index (χ2n) is 9.83. The van der Waals surface area contributed by atoms with E-state index in [-0.39, 0.29) is 19.5 Å². The van der Waals surface area contributed by atoms with Crippen LogP contribution in [-0.4, -0.2) is 71.0 Å². The second-order valence-corrected chi connectivity index (χ2v) is 9.83. The Morgan fingerprint density at radius 2 is 1.97 bits per heavy atom. The highest BCUT2D eigenvalue weighted by Gasteiger charge is 2.71. The van der Waals surface area contributed by atoms with Gasteiger partial charge in [0.1, 0.15) is 18.3 Å². The summed E-state index contributed by atoms with van der Waals surface area (Å²) >= 11 is 0. The van der Waals surface area contributed by atoms with Gasteiger partial charge in [-0.3, -0.25) is 9.59 Å². The Balaban J connectivity index is 2.76. The van der Waals surface area contributed by atoms with E-state index in [4.69, 9.17) is 14.2 Å². The number of Topliss-reactive ketones (excluding diaryl/α,β-unsaturated/α-hetero) is 1. The SMILES string of the molecule is CC[C@H](O)[C@@](C)(C(=O)[C@@H](C)O)[C@H]([C@H](OC)[C@]1(O)CCC(C)=CC1(C)C)[C@]1(OC=O)CO1. The van der Waals surface area contributed by atoms with Gasteiger partial charge in [0.15, 0.2) is 5.78 Å². The molecule has 178 valence electrons. The van der Waals surface area contributed by atoms with Crippen molar-refractivity contribution in [2.75, 3.05) is 13.7 Å². The normalized spacial score (nSPS) is 33.3. The second kappa shape index (κ2) is 8.90. The molecule has 1 aliphatic heterocycles. The lowest BCUT2D eigenvalue weighted by Gasteiger charge is -2.54. The molecule has 1 aliphatic carbocycles. The number of epoxide rings is 1. The van der Waals surface area contributed by atoms with Crippen molar-refractivity contribution in [3.8, 4) is 0 Å². The lowest BCUT2D eigenvalue weighted by atomic mass is 9.55. The fourth-order valence-corrected chi connectivity index (χ4v) is 5.51. The number of carbonyl (C=O) groups is 2. The smallest absolute Gasteiger partial charge is 0.295 e. The van der Waals surface area contributed by atoms with Gasteiger partial charge in [-0.25, -0.2) is 0 Å². The molecule has 7 atom stereocenters. The van der Waals surface area contributed by atoms with Gasteiger partial charge in [0.2, 0.25) is 5.79 Å². The highest BCUT2D eigenvalue weighted by Crippen LogP contribution is 2.57. The first-order valence-corrected chi connectivity index (χ1v) is 10.9. The van der Waals surface area contributed by atoms with Crippen molar-refractivity contribution in [1.29, 1.82) is 0 Å². The summed E-state index contributed by atoms with van der Waals surface area (Å²) in [6.45, 7) is 10.5. The Hall–Kier alpha value is -1.32. The van der Waals surface area contributed by atoms with Gasteiger partial charge in [-0.05, 0) is 40.0 Å². The molecule has 0 spiro atoms. The lowest BCUT2D eigenvalue weighted by Crippen LogP contribution is -2.67. The predicted octanol–water partition coefficient (Wildman–Crippen LogP) is 1.74. The van der Waals surface area contributed by atoms with Crippen LogP contribution in [0.15, 0.2) is 11.6 Å². The maximum Gasteiger partial charge on any atom is 0.295 e. The van der Waals surface area contributed by atoms with Gasteiger partial charge in [-0.2, -0.15) is 0 Å². The molecule has 8 nitrogen and oxygen atoms in total. The number of allylic oxidation sites excluding steroid dienone is 1. The zero-order valence-corrected chi connectivity index (χ0v) is 19.7. The minimum atomic E-state index is -1.63. The van der Waals surface area contributed by atoms with Crippen molar-refractivity contribution >= 4 is 12.3 Å². The fraction of sp³-hybridized carbons (Fsp3) is 0.826. The Bertz CT molecular complexity index is 710. The van der Waals surface area contributed by atoms with Gasteiger partial charge in [0.05, 0.1) is 23.5 Å². The molecule has 1 fully saturated rings. The molecule has 0 amide bonds. The standard InChI is InChI=1S/C23H38O8/c1-8-16(26)21(6,18(27)15(3)25)17(23(12-30-23)31-13-24)19(29-7)22(28)10-9-14(2)11-20(22,4)5/h11,13,15-17,19,25-26,28H,8-10,12H2,1-7H3/t15-,16+,17+,19+,21-,22-,23-/m1/s1. The summed E-state index contributed by atoms with van der Waals surface area (Å²) in [5.41, 5.74) is -2.73. The van der Waals surface area contributed by atoms with E-state index >= 15 is 0 Å². The molecule has 0 aromatic rings. The van der Waals surface area contributed by atoms with E-state index < -0.39 is 52.2 Å². The number of aliphatic hydroxyl groups excluding tert-OH is 2. The number of rotatable bonds is 11. The first-order chi connectivity index (χ1) is 14.3. The number of hydrogen-bond acceptors (Lipinski definition) is 8. The van der Waals surface area contributed by atoms with Crippen molar-refractivity contribution in [3.63, 3.8) is 0 Å². The van der Waals surface area contributed by atoms with Crippen LogP contribution in [0.4, 0.5) is 0 Å². The highest BCUT2D eigenvalue weighted by atomic mass is 16.8. The molecule has 0 unspecified atom stereocenters. The van der Waals surface area contributed by atoms with Gasteiger partial charge in [0, 0.05) is 12.5 Å². The van der Waals surface area contributed by atoms with E-state index in [0.717, 1.165) is 5.57 Å². The van der Waals surface area contributed by atoms with Crippen LogP contribution in [0.1, 0.15) is 60.8 Å². The van der Waals surface area contributed by atoms with Crippen molar-refractivity contribution < 1.29 is 39.1 Å². The molecule has 0 bridgehead atoms. The average Bonchev–Trinajstić information content (AvgIpc) is 3.47. The number of hydrogen-bond donors (Lipinski definition) is 3. The maximum absolute atomic E-state index is 13.3. The van der Waals surface area contributed by atoms with Crippen LogP contribution in [0.3, 0.4) is 0 Å². The van der Waals surface area contributed by atoms with Gasteiger partial charge in [0.25, 0.3) is 6.47 Å². The molecule has 0 aromatic carbocycles. The van der Waals surface area contributed by atoms with Gasteiger partial charge in [-0.15, -0.1) is 0 Å². The summed E-state index contributed by atoms with van der Waals surface area (Å²) in [6, 6.07) is 0. The minimum absolute atomic E-state index is 0.0131. The summed E-state index contributed by atoms with van der Waals surface area (Å²) in [7, 11) is 1.42. The van der Waals surface area contributed by atoms with E-state index in [9.17, 15) is 24.9 Å². The van der Waals surface area contributed by atoms with Gasteiger partial charge < -0.3 is 29.5 Å². The van der Waals surface area contributed by atoms with Crippen LogP contribution in [-0.2, 0) is 23.8 Å². The van der Waals surface area contributed by atoms with Crippen molar-refractivity contribution in [2.24, 2.45) is 16.7 Å². The van der Waals surface area contributed by atoms with Crippen LogP contribution < -0.4 is 0 Å². The minimum Gasteiger partial charge on any atom is -0.432 e. The highest BCUT2D eigenvalue weighted by molar-refractivity contribution is 5.89. The third-order valence-corrected chi connectivity index (χ3v) is 7.44. The maximum atomic E-state index is 13.3. The van der Waals surface area contributed by atoms with Crippen molar-refractivity contribution in [3.05, 3.63) is 11.6 Å². The monoisotopic (exact) mass is 442 g/mol. The van der Waals surface area contributed by atoms with Crippen LogP contribution in [0, 0.1) is 16.7 Å². The van der Waals surface area contributed by atoms with E-state index in [0.29, 0.717) is 12.8 Å². The molecule has 8 heteroatoms. The zero-order chi connectivity index (χ0) is 23.8. The van der Waals surface area contributed by atoms with E-state index in [1.54, 1.807) is 6.92 Å². The third-order valence-electron chi connectivity index (χ3n) is 7.44. The zero-order valence-electron chi connectivity index (χ0n) is 19.7. The summed E-state index contributed by atoms with van der Waals surface area (Å²) in [4.78, 5) is 24.7. The van der Waals surface area contributed by atoms with Crippen LogP contribution in [0.5, 0.6) is 0 Å². The Kier molecular flexibility index (Phi) is 7.45. The quantitative estimate of drug-likeness (QED) is 0.251. The number of ether oxygens (including phenoxy) is 3. The molecule has 0 aromatic heterocycles. The first kappa shape index (κ1) is 25.9. The molecule has 3 N–H and O–H groups in total. The summed E-state index contributed by atoms with van der Waals surface area (Å²) in [5, 5.41) is 33.3. The van der Waals surface area contributed by atoms with Gasteiger partial charge >= 0.3 is 0 Å². The molecule has 31 heavy (non-hydrogen) atoms. The summed E-state index contributed by atoms with van der Waals surface area (Å²) in [5.74, 6) is -3.27. The molecule has 0 saturated carbocycles. The number of ketones is 1. The van der Waals surface area contributed by atoms with Crippen LogP contribution >= 0.6 is 0 Å². The van der Waals surface area contributed by atoms with E-state index in [1.165, 1.54) is 21.0 Å². The fourth-order valence-electron chi connectivity index (χ4n) is 5.51. The van der Waals surface area contributed by atoms with Gasteiger partial charge in [-0.1, -0.05) is 32.4 Å². The van der Waals surface area contributed by atoms with E-state index in [1.807, 2.05) is 26.8 Å². The molecule has 2 rings (SSSR count). The van der Waals surface area contributed by atoms with Crippen molar-refractivity contribution in [1.82, 2.24) is 0 Å².